The summed E-state index contributed by atoms with van der Waals surface area (Å²) in [5, 5.41) is 20.9. The maximum absolute atomic E-state index is 10.6. The maximum Gasteiger partial charge on any atom is 0.309 e. The number of likely N-dealkylation sites (N-methyl/N-ethyl adjacent to an activating group) is 1. The van der Waals surface area contributed by atoms with Gasteiger partial charge in [0.2, 0.25) is 0 Å². The minimum absolute atomic E-state index is 0.0531. The van der Waals surface area contributed by atoms with E-state index in [0.717, 1.165) is 17.8 Å². The summed E-state index contributed by atoms with van der Waals surface area (Å²) in [6, 6.07) is 0. The van der Waals surface area contributed by atoms with Crippen molar-refractivity contribution in [2.24, 2.45) is 0 Å². The third-order valence-electron chi connectivity index (χ3n) is 3.01. The van der Waals surface area contributed by atoms with Crippen molar-refractivity contribution in [2.75, 3.05) is 39.8 Å². The minimum atomic E-state index is -0.809. The predicted molar refractivity (Wildman–Crippen MR) is 72.1 cm³/mol. The van der Waals surface area contributed by atoms with Crippen LogP contribution < -0.4 is 5.32 Å². The largest absolute Gasteiger partial charge is 0.481 e. The summed E-state index contributed by atoms with van der Waals surface area (Å²) in [4.78, 5) is 10.6. The highest BCUT2D eigenvalue weighted by Crippen LogP contribution is 2.04. The number of aliphatic hydroxyl groups excluding tert-OH is 1. The highest BCUT2D eigenvalue weighted by molar-refractivity contribution is 5.66. The number of quaternary nitrogens is 1. The quantitative estimate of drug-likeness (QED) is 0.395. The van der Waals surface area contributed by atoms with Crippen molar-refractivity contribution in [2.45, 2.75) is 13.3 Å². The molecule has 0 aliphatic heterocycles. The second-order valence-corrected chi connectivity index (χ2v) is 4.84. The second-order valence-electron chi connectivity index (χ2n) is 4.84. The van der Waals surface area contributed by atoms with Gasteiger partial charge in [-0.2, -0.15) is 0 Å². The molecule has 3 N–H and O–H groups in total. The number of aliphatic carboxylic acids is 1. The normalized spacial score (nSPS) is 13.7. The third kappa shape index (κ3) is 7.09. The van der Waals surface area contributed by atoms with Gasteiger partial charge in [-0.05, 0) is 12.5 Å². The third-order valence-corrected chi connectivity index (χ3v) is 3.01. The number of carboxylic acids is 1. The predicted octanol–water partition coefficient (Wildman–Crippen LogP) is 0.579. The van der Waals surface area contributed by atoms with Crippen LogP contribution in [0.5, 0.6) is 0 Å². The van der Waals surface area contributed by atoms with E-state index in [-0.39, 0.29) is 13.0 Å². The van der Waals surface area contributed by atoms with Crippen molar-refractivity contribution >= 4 is 5.97 Å². The molecule has 0 bridgehead atoms. The van der Waals surface area contributed by atoms with Crippen LogP contribution in [0.15, 0.2) is 24.4 Å². The zero-order chi connectivity index (χ0) is 14.2. The first-order chi connectivity index (χ1) is 8.30. The van der Waals surface area contributed by atoms with Gasteiger partial charge in [0.05, 0.1) is 39.7 Å². The Labute approximate surface area is 109 Å². The molecule has 0 saturated carbocycles. The van der Waals surface area contributed by atoms with E-state index in [4.69, 9.17) is 10.2 Å². The summed E-state index contributed by atoms with van der Waals surface area (Å²) in [6.45, 7) is 12.0. The van der Waals surface area contributed by atoms with Crippen LogP contribution in [0, 0.1) is 0 Å². The Morgan fingerprint density at radius 1 is 1.28 bits per heavy atom. The average Bonchev–Trinajstić information content (AvgIpc) is 2.26. The molecule has 0 aromatic heterocycles. The summed E-state index contributed by atoms with van der Waals surface area (Å²) >= 11 is 0. The number of hydrogen-bond acceptors (Lipinski definition) is 3. The second kappa shape index (κ2) is 7.89. The molecule has 0 aromatic rings. The number of carboxylic acid groups (broad SMARTS) is 1. The van der Waals surface area contributed by atoms with Crippen molar-refractivity contribution in [1.29, 1.82) is 0 Å². The highest BCUT2D eigenvalue weighted by atomic mass is 16.4. The molecule has 1 atom stereocenters. The SMILES string of the molecule is C=C(C)C(=C)NCC[N+](C)(CCO)CCC(=O)O. The number of nitrogens with one attached hydrogen (secondary N) is 1. The lowest BCUT2D eigenvalue weighted by Crippen LogP contribution is -2.50. The van der Waals surface area contributed by atoms with Crippen molar-refractivity contribution < 1.29 is 19.5 Å². The fourth-order valence-corrected chi connectivity index (χ4v) is 1.57. The molecule has 0 radical (unpaired) electrons. The topological polar surface area (TPSA) is 69.6 Å². The zero-order valence-corrected chi connectivity index (χ0v) is 11.4. The number of allylic oxidation sites excluding steroid dienone is 1. The van der Waals surface area contributed by atoms with Gasteiger partial charge >= 0.3 is 5.97 Å². The smallest absolute Gasteiger partial charge is 0.309 e. The van der Waals surface area contributed by atoms with Crippen molar-refractivity contribution in [3.05, 3.63) is 24.4 Å². The Kier molecular flexibility index (Phi) is 7.31. The first kappa shape index (κ1) is 16.7. The standard InChI is InChI=1S/C13H24N2O3/c1-11(2)12(3)14-6-8-15(4,9-10-16)7-5-13(17)18/h14,16H,1,3,5-10H2,2,4H3/p+1. The van der Waals surface area contributed by atoms with E-state index in [2.05, 4.69) is 18.5 Å². The number of rotatable bonds is 10. The maximum atomic E-state index is 10.6. The summed E-state index contributed by atoms with van der Waals surface area (Å²) in [6.07, 6.45) is 0.109. The van der Waals surface area contributed by atoms with E-state index >= 15 is 0 Å². The van der Waals surface area contributed by atoms with E-state index in [1.54, 1.807) is 0 Å². The molecule has 0 amide bonds. The number of carbonyl (C=O) groups is 1. The number of hydrogen-bond donors (Lipinski definition) is 3. The van der Waals surface area contributed by atoms with E-state index < -0.39 is 5.97 Å². The molecule has 0 rings (SSSR count). The molecular formula is C13H25N2O3+. The Morgan fingerprint density at radius 3 is 2.33 bits per heavy atom. The fraction of sp³-hybridized carbons (Fsp3) is 0.615. The van der Waals surface area contributed by atoms with Crippen LogP contribution >= 0.6 is 0 Å². The highest BCUT2D eigenvalue weighted by Gasteiger charge is 2.21. The summed E-state index contributed by atoms with van der Waals surface area (Å²) in [5.41, 5.74) is 1.68. The first-order valence-corrected chi connectivity index (χ1v) is 6.05. The minimum Gasteiger partial charge on any atom is -0.481 e. The summed E-state index contributed by atoms with van der Waals surface area (Å²) in [5.74, 6) is -0.809. The van der Waals surface area contributed by atoms with Gasteiger partial charge in [-0.1, -0.05) is 13.2 Å². The van der Waals surface area contributed by atoms with Gasteiger partial charge < -0.3 is 20.0 Å². The average molecular weight is 257 g/mol. The molecule has 0 aliphatic carbocycles. The lowest BCUT2D eigenvalue weighted by molar-refractivity contribution is -0.908. The van der Waals surface area contributed by atoms with Crippen molar-refractivity contribution in [3.8, 4) is 0 Å². The molecule has 0 heterocycles. The molecule has 0 aliphatic rings. The lowest BCUT2D eigenvalue weighted by atomic mass is 10.2. The molecule has 18 heavy (non-hydrogen) atoms. The van der Waals surface area contributed by atoms with Crippen LogP contribution in [0.2, 0.25) is 0 Å². The summed E-state index contributed by atoms with van der Waals surface area (Å²) in [7, 11) is 1.95. The fourth-order valence-electron chi connectivity index (χ4n) is 1.57. The Bertz CT molecular complexity index is 315. The lowest BCUT2D eigenvalue weighted by Gasteiger charge is -2.33. The van der Waals surface area contributed by atoms with Crippen LogP contribution in [-0.4, -0.2) is 60.5 Å². The molecule has 5 heteroatoms. The molecule has 1 unspecified atom stereocenters. The Balaban J connectivity index is 4.21. The van der Waals surface area contributed by atoms with Gasteiger partial charge in [-0.3, -0.25) is 4.79 Å². The van der Waals surface area contributed by atoms with E-state index in [9.17, 15) is 4.79 Å². The van der Waals surface area contributed by atoms with Crippen molar-refractivity contribution in [3.63, 3.8) is 0 Å². The molecule has 5 nitrogen and oxygen atoms in total. The Hall–Kier alpha value is -1.33. The van der Waals surface area contributed by atoms with Crippen LogP contribution in [0.1, 0.15) is 13.3 Å². The van der Waals surface area contributed by atoms with Crippen LogP contribution in [0.4, 0.5) is 0 Å². The molecule has 0 saturated heterocycles. The zero-order valence-electron chi connectivity index (χ0n) is 11.4. The van der Waals surface area contributed by atoms with E-state index in [1.807, 2.05) is 14.0 Å². The molecule has 0 fully saturated rings. The Morgan fingerprint density at radius 2 is 1.89 bits per heavy atom. The number of aliphatic hydroxyl groups is 1. The van der Waals surface area contributed by atoms with Gasteiger partial charge in [-0.25, -0.2) is 0 Å². The molecular weight excluding hydrogens is 232 g/mol. The van der Waals surface area contributed by atoms with Gasteiger partial charge in [0, 0.05) is 5.70 Å². The molecule has 0 aromatic carbocycles. The molecule has 104 valence electrons. The van der Waals surface area contributed by atoms with Crippen LogP contribution in [0.3, 0.4) is 0 Å². The molecule has 0 spiro atoms. The summed E-state index contributed by atoms with van der Waals surface area (Å²) < 4.78 is 0.527. The van der Waals surface area contributed by atoms with Gasteiger partial charge in [-0.15, -0.1) is 0 Å². The van der Waals surface area contributed by atoms with E-state index in [1.165, 1.54) is 0 Å². The van der Waals surface area contributed by atoms with Crippen LogP contribution in [0.25, 0.3) is 0 Å². The van der Waals surface area contributed by atoms with Gasteiger partial charge in [0.1, 0.15) is 6.54 Å². The van der Waals surface area contributed by atoms with Gasteiger partial charge in [0.15, 0.2) is 0 Å². The van der Waals surface area contributed by atoms with Gasteiger partial charge in [0.25, 0.3) is 0 Å². The monoisotopic (exact) mass is 257 g/mol. The number of nitrogens with zero attached hydrogens (tertiary/aromatic N) is 1. The van der Waals surface area contributed by atoms with Crippen LogP contribution in [-0.2, 0) is 4.79 Å². The van der Waals surface area contributed by atoms with E-state index in [0.29, 0.717) is 24.1 Å². The first-order valence-electron chi connectivity index (χ1n) is 6.05. The van der Waals surface area contributed by atoms with Crippen molar-refractivity contribution in [1.82, 2.24) is 5.32 Å².